The summed E-state index contributed by atoms with van der Waals surface area (Å²) < 4.78 is 1.07. The average molecular weight is 348 g/mol. The summed E-state index contributed by atoms with van der Waals surface area (Å²) in [6, 6.07) is 8.12. The molecular weight excluding hydrogens is 326 g/mol. The van der Waals surface area contributed by atoms with Gasteiger partial charge >= 0.3 is 0 Å². The molecule has 0 radical (unpaired) electrons. The summed E-state index contributed by atoms with van der Waals surface area (Å²) in [6.45, 7) is 10.4. The predicted octanol–water partition coefficient (Wildman–Crippen LogP) is 4.24. The van der Waals surface area contributed by atoms with Crippen molar-refractivity contribution >= 4 is 15.9 Å². The number of benzene rings is 1. The van der Waals surface area contributed by atoms with E-state index >= 15 is 0 Å². The Morgan fingerprint density at radius 1 is 1.10 bits per heavy atom. The van der Waals surface area contributed by atoms with E-state index in [9.17, 15) is 0 Å². The highest BCUT2D eigenvalue weighted by Gasteiger charge is 2.15. The number of rotatable bonds is 5. The molecule has 2 aromatic rings. The van der Waals surface area contributed by atoms with Crippen molar-refractivity contribution in [3.63, 3.8) is 0 Å². The molecule has 0 amide bonds. The van der Waals surface area contributed by atoms with Gasteiger partial charge in [0.2, 0.25) is 0 Å². The highest BCUT2D eigenvalue weighted by atomic mass is 79.9. The fraction of sp³-hybridized carbons (Fsp3) is 0.412. The molecule has 1 aromatic carbocycles. The molecule has 1 heterocycles. The number of aromatic nitrogens is 2. The molecular formula is C17H22BrN3. The summed E-state index contributed by atoms with van der Waals surface area (Å²) >= 11 is 3.45. The Morgan fingerprint density at radius 2 is 1.67 bits per heavy atom. The van der Waals surface area contributed by atoms with E-state index in [0.29, 0.717) is 5.92 Å². The van der Waals surface area contributed by atoms with Crippen molar-refractivity contribution in [1.82, 2.24) is 15.3 Å². The zero-order chi connectivity index (χ0) is 15.4. The van der Waals surface area contributed by atoms with Crippen LogP contribution in [-0.4, -0.2) is 23.1 Å². The van der Waals surface area contributed by atoms with Gasteiger partial charge in [0.15, 0.2) is 5.82 Å². The van der Waals surface area contributed by atoms with Crippen LogP contribution in [0.4, 0.5) is 0 Å². The Morgan fingerprint density at radius 3 is 2.19 bits per heavy atom. The first-order valence-corrected chi connectivity index (χ1v) is 8.14. The molecule has 0 bridgehead atoms. The topological polar surface area (TPSA) is 37.8 Å². The molecule has 0 aliphatic carbocycles. The minimum Gasteiger partial charge on any atom is -0.316 e. The van der Waals surface area contributed by atoms with Gasteiger partial charge < -0.3 is 5.32 Å². The lowest BCUT2D eigenvalue weighted by molar-refractivity contribution is 0.624. The maximum atomic E-state index is 4.71. The first-order valence-electron chi connectivity index (χ1n) is 7.34. The summed E-state index contributed by atoms with van der Waals surface area (Å²) in [5.74, 6) is 1.22. The van der Waals surface area contributed by atoms with Crippen LogP contribution in [0.2, 0.25) is 0 Å². The third-order valence-corrected chi connectivity index (χ3v) is 4.15. The van der Waals surface area contributed by atoms with Crippen LogP contribution in [0, 0.1) is 13.8 Å². The highest BCUT2D eigenvalue weighted by molar-refractivity contribution is 9.10. The first kappa shape index (κ1) is 16.1. The molecule has 2 rings (SSSR count). The normalized spacial score (nSPS) is 12.4. The van der Waals surface area contributed by atoms with E-state index < -0.39 is 0 Å². The minimum absolute atomic E-state index is 0.420. The van der Waals surface area contributed by atoms with Crippen LogP contribution in [0.15, 0.2) is 28.7 Å². The van der Waals surface area contributed by atoms with Gasteiger partial charge in [-0.05, 0) is 44.0 Å². The summed E-state index contributed by atoms with van der Waals surface area (Å²) in [4.78, 5) is 9.42. The molecule has 0 aliphatic rings. The second-order valence-corrected chi connectivity index (χ2v) is 6.26. The molecule has 21 heavy (non-hydrogen) atoms. The maximum Gasteiger partial charge on any atom is 0.159 e. The molecule has 0 saturated heterocycles. The monoisotopic (exact) mass is 347 g/mol. The summed E-state index contributed by atoms with van der Waals surface area (Å²) in [5, 5.41) is 3.39. The van der Waals surface area contributed by atoms with Crippen LogP contribution < -0.4 is 5.32 Å². The van der Waals surface area contributed by atoms with Gasteiger partial charge in [-0.3, -0.25) is 0 Å². The van der Waals surface area contributed by atoms with Crippen LogP contribution in [0.1, 0.15) is 36.7 Å². The second kappa shape index (κ2) is 7.14. The van der Waals surface area contributed by atoms with Gasteiger partial charge in [0.25, 0.3) is 0 Å². The maximum absolute atomic E-state index is 4.71. The van der Waals surface area contributed by atoms with Gasteiger partial charge in [0.1, 0.15) is 0 Å². The highest BCUT2D eigenvalue weighted by Crippen LogP contribution is 2.25. The van der Waals surface area contributed by atoms with E-state index in [4.69, 9.17) is 9.97 Å². The first-order chi connectivity index (χ1) is 10.0. The molecule has 1 N–H and O–H groups in total. The van der Waals surface area contributed by atoms with E-state index in [1.807, 2.05) is 24.3 Å². The molecule has 0 spiro atoms. The number of nitrogens with one attached hydrogen (secondary N) is 1. The predicted molar refractivity (Wildman–Crippen MR) is 91.6 cm³/mol. The zero-order valence-corrected chi connectivity index (χ0v) is 14.7. The third-order valence-electron chi connectivity index (χ3n) is 3.62. The smallest absolute Gasteiger partial charge is 0.159 e. The van der Waals surface area contributed by atoms with E-state index in [1.165, 1.54) is 5.56 Å². The van der Waals surface area contributed by atoms with Crippen molar-refractivity contribution in [3.8, 4) is 11.4 Å². The van der Waals surface area contributed by atoms with E-state index in [-0.39, 0.29) is 0 Å². The number of nitrogens with zero attached hydrogens (tertiary/aromatic N) is 2. The van der Waals surface area contributed by atoms with Crippen LogP contribution in [0.3, 0.4) is 0 Å². The summed E-state index contributed by atoms with van der Waals surface area (Å²) in [6.07, 6.45) is 0. The Hall–Kier alpha value is -1.26. The van der Waals surface area contributed by atoms with E-state index in [2.05, 4.69) is 48.9 Å². The minimum atomic E-state index is 0.420. The molecule has 3 nitrogen and oxygen atoms in total. The van der Waals surface area contributed by atoms with Crippen molar-refractivity contribution in [2.45, 2.75) is 33.6 Å². The Bertz CT molecular complexity index is 585. The zero-order valence-electron chi connectivity index (χ0n) is 13.1. The fourth-order valence-corrected chi connectivity index (χ4v) is 2.89. The van der Waals surface area contributed by atoms with Crippen molar-refractivity contribution in [1.29, 1.82) is 0 Å². The van der Waals surface area contributed by atoms with E-state index in [0.717, 1.165) is 40.3 Å². The Balaban J connectivity index is 2.34. The molecule has 1 aromatic heterocycles. The molecule has 0 aliphatic heterocycles. The van der Waals surface area contributed by atoms with Crippen LogP contribution in [0.5, 0.6) is 0 Å². The lowest BCUT2D eigenvalue weighted by atomic mass is 9.97. The number of aryl methyl sites for hydroxylation is 2. The Kier molecular flexibility index (Phi) is 5.48. The van der Waals surface area contributed by atoms with Gasteiger partial charge in [-0.1, -0.05) is 41.9 Å². The van der Waals surface area contributed by atoms with Crippen molar-refractivity contribution in [2.75, 3.05) is 13.1 Å². The fourth-order valence-electron chi connectivity index (χ4n) is 2.63. The molecule has 1 atom stereocenters. The van der Waals surface area contributed by atoms with Crippen molar-refractivity contribution < 1.29 is 0 Å². The Labute approximate surface area is 135 Å². The largest absolute Gasteiger partial charge is 0.316 e. The SMILES string of the molecule is CCNCC(C)c1c(C)nc(-c2ccc(Br)cc2)nc1C. The molecule has 0 fully saturated rings. The number of halogens is 1. The lowest BCUT2D eigenvalue weighted by Gasteiger charge is -2.17. The molecule has 4 heteroatoms. The number of hydrogen-bond donors (Lipinski definition) is 1. The van der Waals surface area contributed by atoms with Gasteiger partial charge in [0, 0.05) is 28.0 Å². The quantitative estimate of drug-likeness (QED) is 0.878. The van der Waals surface area contributed by atoms with Gasteiger partial charge in [0.05, 0.1) is 0 Å². The van der Waals surface area contributed by atoms with Crippen LogP contribution in [0.25, 0.3) is 11.4 Å². The summed E-state index contributed by atoms with van der Waals surface area (Å²) in [7, 11) is 0. The van der Waals surface area contributed by atoms with Crippen molar-refractivity contribution in [3.05, 3.63) is 45.7 Å². The van der Waals surface area contributed by atoms with Crippen LogP contribution in [-0.2, 0) is 0 Å². The molecule has 0 saturated carbocycles. The summed E-state index contributed by atoms with van der Waals surface area (Å²) in [5.41, 5.74) is 4.46. The third kappa shape index (κ3) is 3.89. The number of likely N-dealkylation sites (N-methyl/N-ethyl adjacent to an activating group) is 1. The van der Waals surface area contributed by atoms with Gasteiger partial charge in [-0.2, -0.15) is 0 Å². The van der Waals surface area contributed by atoms with Crippen LogP contribution >= 0.6 is 15.9 Å². The standard InChI is InChI=1S/C17H22BrN3/c1-5-19-10-11(2)16-12(3)20-17(21-13(16)4)14-6-8-15(18)9-7-14/h6-9,11,19H,5,10H2,1-4H3. The van der Waals surface area contributed by atoms with Crippen molar-refractivity contribution in [2.24, 2.45) is 0 Å². The molecule has 1 unspecified atom stereocenters. The van der Waals surface area contributed by atoms with Gasteiger partial charge in [-0.15, -0.1) is 0 Å². The molecule has 112 valence electrons. The number of hydrogen-bond acceptors (Lipinski definition) is 3. The average Bonchev–Trinajstić information content (AvgIpc) is 2.45. The second-order valence-electron chi connectivity index (χ2n) is 5.35. The van der Waals surface area contributed by atoms with Gasteiger partial charge in [-0.25, -0.2) is 9.97 Å². The lowest BCUT2D eigenvalue weighted by Crippen LogP contribution is -2.21. The van der Waals surface area contributed by atoms with E-state index in [1.54, 1.807) is 0 Å².